The predicted octanol–water partition coefficient (Wildman–Crippen LogP) is 5.43. The van der Waals surface area contributed by atoms with Gasteiger partial charge in [-0.2, -0.15) is 0 Å². The topological polar surface area (TPSA) is 40.6 Å². The van der Waals surface area contributed by atoms with Crippen LogP contribution >= 0.6 is 27.7 Å². The van der Waals surface area contributed by atoms with Crippen LogP contribution in [0, 0.1) is 11.8 Å². The van der Waals surface area contributed by atoms with Crippen molar-refractivity contribution in [3.8, 4) is 0 Å². The van der Waals surface area contributed by atoms with Gasteiger partial charge in [-0.15, -0.1) is 0 Å². The molecule has 1 fully saturated rings. The van der Waals surface area contributed by atoms with Gasteiger partial charge in [0.15, 0.2) is 0 Å². The number of anilines is 1. The number of hydrogen-bond donors (Lipinski definition) is 0. The first-order chi connectivity index (χ1) is 14.4. The summed E-state index contributed by atoms with van der Waals surface area (Å²) < 4.78 is 0.964. The number of thioether (sulfide) groups is 1. The Labute approximate surface area is 190 Å². The number of carbonyl (C=O) groups excluding carboxylic acids is 2. The standard InChI is InChI=1S/C24H25BrN2O2S/c1-16-10-17(2)14-26(13-16)23(28)15-27-20-8-3-4-9-21(20)30-22(24(27)29)12-18-6-5-7-19(25)11-18/h3-9,11-12,16-17H,10,13-15H2,1-2H3/b22-12+. The maximum Gasteiger partial charge on any atom is 0.265 e. The average Bonchev–Trinajstić information content (AvgIpc) is 2.70. The summed E-state index contributed by atoms with van der Waals surface area (Å²) >= 11 is 4.95. The van der Waals surface area contributed by atoms with Crippen molar-refractivity contribution in [2.75, 3.05) is 24.5 Å². The number of piperidine rings is 1. The van der Waals surface area contributed by atoms with Crippen molar-refractivity contribution in [3.05, 3.63) is 63.5 Å². The molecule has 4 rings (SSSR count). The van der Waals surface area contributed by atoms with Crippen LogP contribution in [0.15, 0.2) is 62.8 Å². The molecule has 0 saturated carbocycles. The highest BCUT2D eigenvalue weighted by Gasteiger charge is 2.33. The van der Waals surface area contributed by atoms with Gasteiger partial charge in [-0.05, 0) is 54.2 Å². The molecule has 0 radical (unpaired) electrons. The average molecular weight is 485 g/mol. The zero-order chi connectivity index (χ0) is 21.3. The molecule has 2 unspecified atom stereocenters. The Kier molecular flexibility index (Phi) is 6.34. The predicted molar refractivity (Wildman–Crippen MR) is 126 cm³/mol. The van der Waals surface area contributed by atoms with Gasteiger partial charge in [0.05, 0.1) is 10.6 Å². The van der Waals surface area contributed by atoms with Crippen LogP contribution in [0.25, 0.3) is 6.08 Å². The number of amides is 2. The number of benzene rings is 2. The van der Waals surface area contributed by atoms with Crippen LogP contribution in [0.1, 0.15) is 25.8 Å². The maximum absolute atomic E-state index is 13.4. The van der Waals surface area contributed by atoms with E-state index in [1.165, 1.54) is 11.8 Å². The van der Waals surface area contributed by atoms with Gasteiger partial charge in [0.25, 0.3) is 5.91 Å². The highest BCUT2D eigenvalue weighted by Crippen LogP contribution is 2.42. The van der Waals surface area contributed by atoms with Crippen molar-refractivity contribution in [2.45, 2.75) is 25.2 Å². The van der Waals surface area contributed by atoms with Gasteiger partial charge in [-0.3, -0.25) is 14.5 Å². The van der Waals surface area contributed by atoms with E-state index in [4.69, 9.17) is 0 Å². The Morgan fingerprint density at radius 3 is 2.60 bits per heavy atom. The molecule has 0 N–H and O–H groups in total. The second-order valence-corrected chi connectivity index (χ2v) is 10.3. The molecular formula is C24H25BrN2O2S. The molecule has 30 heavy (non-hydrogen) atoms. The third-order valence-electron chi connectivity index (χ3n) is 5.49. The van der Waals surface area contributed by atoms with E-state index in [0.29, 0.717) is 16.7 Å². The molecule has 2 heterocycles. The second kappa shape index (κ2) is 8.98. The number of para-hydroxylation sites is 1. The van der Waals surface area contributed by atoms with Crippen LogP contribution in [0.3, 0.4) is 0 Å². The molecule has 2 amide bonds. The molecule has 2 aromatic rings. The zero-order valence-corrected chi connectivity index (χ0v) is 19.6. The lowest BCUT2D eigenvalue weighted by molar-refractivity contribution is -0.133. The summed E-state index contributed by atoms with van der Waals surface area (Å²) in [6, 6.07) is 15.7. The highest BCUT2D eigenvalue weighted by atomic mass is 79.9. The van der Waals surface area contributed by atoms with Crippen molar-refractivity contribution in [1.82, 2.24) is 4.90 Å². The molecule has 156 valence electrons. The second-order valence-electron chi connectivity index (χ2n) is 8.27. The minimum absolute atomic E-state index is 0.0188. The van der Waals surface area contributed by atoms with Gasteiger partial charge in [0, 0.05) is 22.5 Å². The number of fused-ring (bicyclic) bond motifs is 1. The van der Waals surface area contributed by atoms with Crippen LogP contribution in [0.5, 0.6) is 0 Å². The Hall–Kier alpha value is -2.05. The molecule has 2 atom stereocenters. The highest BCUT2D eigenvalue weighted by molar-refractivity contribution is 9.10. The molecule has 0 aromatic heterocycles. The van der Waals surface area contributed by atoms with E-state index >= 15 is 0 Å². The van der Waals surface area contributed by atoms with Crippen LogP contribution in [0.4, 0.5) is 5.69 Å². The molecule has 2 aromatic carbocycles. The van der Waals surface area contributed by atoms with Crippen molar-refractivity contribution in [2.24, 2.45) is 11.8 Å². The van der Waals surface area contributed by atoms with Crippen LogP contribution in [-0.2, 0) is 9.59 Å². The van der Waals surface area contributed by atoms with E-state index in [0.717, 1.165) is 40.1 Å². The minimum atomic E-state index is -0.120. The smallest absolute Gasteiger partial charge is 0.265 e. The monoisotopic (exact) mass is 484 g/mol. The summed E-state index contributed by atoms with van der Waals surface area (Å²) in [5.41, 5.74) is 1.76. The van der Waals surface area contributed by atoms with Crippen LogP contribution in [0.2, 0.25) is 0 Å². The number of hydrogen-bond acceptors (Lipinski definition) is 3. The van der Waals surface area contributed by atoms with Crippen molar-refractivity contribution in [3.63, 3.8) is 0 Å². The number of halogens is 1. The quantitative estimate of drug-likeness (QED) is 0.545. The lowest BCUT2D eigenvalue weighted by atomic mass is 9.92. The Morgan fingerprint density at radius 1 is 1.13 bits per heavy atom. The van der Waals surface area contributed by atoms with Crippen LogP contribution < -0.4 is 4.90 Å². The Bertz CT molecular complexity index is 996. The summed E-state index contributed by atoms with van der Waals surface area (Å²) in [6.45, 7) is 5.98. The molecule has 0 bridgehead atoms. The number of likely N-dealkylation sites (tertiary alicyclic amines) is 1. The lowest BCUT2D eigenvalue weighted by Gasteiger charge is -2.37. The molecular weight excluding hydrogens is 460 g/mol. The van der Waals surface area contributed by atoms with Gasteiger partial charge in [0.1, 0.15) is 6.54 Å². The largest absolute Gasteiger partial charge is 0.341 e. The summed E-state index contributed by atoms with van der Waals surface area (Å²) in [6.07, 6.45) is 3.04. The van der Waals surface area contributed by atoms with Gasteiger partial charge in [-0.1, -0.05) is 65.8 Å². The molecule has 6 heteroatoms. The molecule has 4 nitrogen and oxygen atoms in total. The number of carbonyl (C=O) groups is 2. The van der Waals surface area contributed by atoms with Crippen molar-refractivity contribution >= 4 is 51.3 Å². The molecule has 2 aliphatic heterocycles. The third kappa shape index (κ3) is 4.65. The summed E-state index contributed by atoms with van der Waals surface area (Å²) in [7, 11) is 0. The first-order valence-corrected chi connectivity index (χ1v) is 11.9. The number of nitrogens with zero attached hydrogens (tertiary/aromatic N) is 2. The van der Waals surface area contributed by atoms with E-state index in [1.54, 1.807) is 4.90 Å². The van der Waals surface area contributed by atoms with Gasteiger partial charge in [0.2, 0.25) is 5.91 Å². The summed E-state index contributed by atoms with van der Waals surface area (Å²) in [5.74, 6) is 0.879. The van der Waals surface area contributed by atoms with Crippen LogP contribution in [-0.4, -0.2) is 36.3 Å². The van der Waals surface area contributed by atoms with Crippen molar-refractivity contribution < 1.29 is 9.59 Å². The first kappa shape index (κ1) is 21.2. The first-order valence-electron chi connectivity index (χ1n) is 10.2. The lowest BCUT2D eigenvalue weighted by Crippen LogP contribution is -2.49. The summed E-state index contributed by atoms with van der Waals surface area (Å²) in [5, 5.41) is 0. The SMILES string of the molecule is CC1CC(C)CN(C(=O)CN2C(=O)/C(=C\c3cccc(Br)c3)Sc3ccccc32)C1. The minimum Gasteiger partial charge on any atom is -0.341 e. The number of rotatable bonds is 3. The van der Waals surface area contributed by atoms with Crippen molar-refractivity contribution in [1.29, 1.82) is 0 Å². The molecule has 0 aliphatic carbocycles. The zero-order valence-electron chi connectivity index (χ0n) is 17.2. The molecule has 2 aliphatic rings. The van der Waals surface area contributed by atoms with E-state index < -0.39 is 0 Å². The molecule has 1 saturated heterocycles. The summed E-state index contributed by atoms with van der Waals surface area (Å²) in [4.78, 5) is 31.7. The third-order valence-corrected chi connectivity index (χ3v) is 7.06. The normalized spacial score (nSPS) is 22.9. The Balaban J connectivity index is 1.62. The van der Waals surface area contributed by atoms with Gasteiger partial charge < -0.3 is 4.90 Å². The van der Waals surface area contributed by atoms with E-state index in [-0.39, 0.29) is 18.4 Å². The maximum atomic E-state index is 13.4. The van der Waals surface area contributed by atoms with E-state index in [9.17, 15) is 9.59 Å². The van der Waals surface area contributed by atoms with E-state index in [2.05, 4.69) is 29.8 Å². The Morgan fingerprint density at radius 2 is 1.87 bits per heavy atom. The molecule has 0 spiro atoms. The van der Waals surface area contributed by atoms with Gasteiger partial charge >= 0.3 is 0 Å². The van der Waals surface area contributed by atoms with E-state index in [1.807, 2.05) is 59.5 Å². The van der Waals surface area contributed by atoms with Gasteiger partial charge in [-0.25, -0.2) is 0 Å². The fourth-order valence-corrected chi connectivity index (χ4v) is 5.74. The fraction of sp³-hybridized carbons (Fsp3) is 0.333. The fourth-order valence-electron chi connectivity index (χ4n) is 4.27.